The summed E-state index contributed by atoms with van der Waals surface area (Å²) in [5, 5.41) is 11.8. The SMILES string of the molecule is COCCC(NC(=O)C(C)(C)c1ccc(OC)c(OC)c1)C(=O)O. The van der Waals surface area contributed by atoms with Crippen LogP contribution >= 0.6 is 0 Å². The van der Waals surface area contributed by atoms with Crippen molar-refractivity contribution in [1.82, 2.24) is 5.32 Å². The molecule has 7 nitrogen and oxygen atoms in total. The summed E-state index contributed by atoms with van der Waals surface area (Å²) >= 11 is 0. The van der Waals surface area contributed by atoms with Gasteiger partial charge in [0.1, 0.15) is 6.04 Å². The van der Waals surface area contributed by atoms with Crippen molar-refractivity contribution < 1.29 is 28.9 Å². The number of ether oxygens (including phenoxy) is 3. The van der Waals surface area contributed by atoms with Crippen LogP contribution in [0.25, 0.3) is 0 Å². The van der Waals surface area contributed by atoms with Crippen LogP contribution in [0, 0.1) is 0 Å². The van der Waals surface area contributed by atoms with Gasteiger partial charge in [-0.25, -0.2) is 4.79 Å². The maximum absolute atomic E-state index is 12.6. The van der Waals surface area contributed by atoms with Gasteiger partial charge in [-0.3, -0.25) is 4.79 Å². The maximum atomic E-state index is 12.6. The molecular weight excluding hydrogens is 314 g/mol. The van der Waals surface area contributed by atoms with E-state index in [1.807, 2.05) is 0 Å². The molecule has 0 bridgehead atoms. The topological polar surface area (TPSA) is 94.1 Å². The van der Waals surface area contributed by atoms with Gasteiger partial charge in [0.15, 0.2) is 11.5 Å². The third kappa shape index (κ3) is 4.61. The first-order valence-corrected chi connectivity index (χ1v) is 7.53. The Labute approximate surface area is 141 Å². The van der Waals surface area contributed by atoms with E-state index in [4.69, 9.17) is 14.2 Å². The molecule has 1 unspecified atom stereocenters. The molecule has 0 aliphatic rings. The third-order valence-electron chi connectivity index (χ3n) is 3.89. The van der Waals surface area contributed by atoms with Gasteiger partial charge in [0.25, 0.3) is 0 Å². The van der Waals surface area contributed by atoms with E-state index in [2.05, 4.69) is 5.32 Å². The van der Waals surface area contributed by atoms with Gasteiger partial charge < -0.3 is 24.6 Å². The van der Waals surface area contributed by atoms with Crippen LogP contribution in [-0.4, -0.2) is 51.0 Å². The summed E-state index contributed by atoms with van der Waals surface area (Å²) in [5.41, 5.74) is -0.256. The van der Waals surface area contributed by atoms with Crippen molar-refractivity contribution in [2.24, 2.45) is 0 Å². The van der Waals surface area contributed by atoms with Gasteiger partial charge >= 0.3 is 5.97 Å². The molecule has 0 aliphatic carbocycles. The highest BCUT2D eigenvalue weighted by Crippen LogP contribution is 2.33. The fourth-order valence-electron chi connectivity index (χ4n) is 2.19. The fourth-order valence-corrected chi connectivity index (χ4v) is 2.19. The maximum Gasteiger partial charge on any atom is 0.326 e. The van der Waals surface area contributed by atoms with Crippen LogP contribution in [0.1, 0.15) is 25.8 Å². The van der Waals surface area contributed by atoms with Crippen molar-refractivity contribution in [3.05, 3.63) is 23.8 Å². The Balaban J connectivity index is 3.00. The summed E-state index contributed by atoms with van der Waals surface area (Å²) in [6, 6.07) is 4.18. The Morgan fingerprint density at radius 3 is 2.29 bits per heavy atom. The van der Waals surface area contributed by atoms with Crippen LogP contribution in [0.3, 0.4) is 0 Å². The molecule has 0 fully saturated rings. The highest BCUT2D eigenvalue weighted by Gasteiger charge is 2.33. The predicted molar refractivity (Wildman–Crippen MR) is 88.6 cm³/mol. The molecule has 134 valence electrons. The normalized spacial score (nSPS) is 12.4. The largest absolute Gasteiger partial charge is 0.493 e. The minimum absolute atomic E-state index is 0.194. The second-order valence-electron chi connectivity index (χ2n) is 5.84. The van der Waals surface area contributed by atoms with E-state index in [9.17, 15) is 14.7 Å². The lowest BCUT2D eigenvalue weighted by atomic mass is 9.83. The number of methoxy groups -OCH3 is 3. The van der Waals surface area contributed by atoms with E-state index in [-0.39, 0.29) is 13.0 Å². The number of carbonyl (C=O) groups excluding carboxylic acids is 1. The summed E-state index contributed by atoms with van der Waals surface area (Å²) in [7, 11) is 4.52. The molecule has 0 saturated heterocycles. The first-order chi connectivity index (χ1) is 11.3. The van der Waals surface area contributed by atoms with Crippen molar-refractivity contribution in [2.45, 2.75) is 31.7 Å². The number of amides is 1. The Bertz CT molecular complexity index is 584. The zero-order chi connectivity index (χ0) is 18.3. The molecule has 1 aromatic carbocycles. The second-order valence-corrected chi connectivity index (χ2v) is 5.84. The Morgan fingerprint density at radius 1 is 1.17 bits per heavy atom. The van der Waals surface area contributed by atoms with Crippen LogP contribution in [0.2, 0.25) is 0 Å². The lowest BCUT2D eigenvalue weighted by Crippen LogP contribution is -2.48. The quantitative estimate of drug-likeness (QED) is 0.709. The first-order valence-electron chi connectivity index (χ1n) is 7.53. The Kier molecular flexibility index (Phi) is 7.03. The molecule has 7 heteroatoms. The number of hydrogen-bond donors (Lipinski definition) is 2. The molecule has 1 atom stereocenters. The minimum Gasteiger partial charge on any atom is -0.493 e. The molecule has 0 radical (unpaired) electrons. The van der Waals surface area contributed by atoms with E-state index < -0.39 is 23.3 Å². The van der Waals surface area contributed by atoms with E-state index in [0.29, 0.717) is 17.1 Å². The average molecular weight is 339 g/mol. The van der Waals surface area contributed by atoms with Crippen molar-refractivity contribution in [3.63, 3.8) is 0 Å². The molecule has 0 aromatic heterocycles. The first kappa shape index (κ1) is 19.8. The van der Waals surface area contributed by atoms with Gasteiger partial charge in [0, 0.05) is 20.1 Å². The number of carboxylic acid groups (broad SMARTS) is 1. The van der Waals surface area contributed by atoms with Gasteiger partial charge in [-0.1, -0.05) is 6.07 Å². The lowest BCUT2D eigenvalue weighted by molar-refractivity contribution is -0.143. The summed E-state index contributed by atoms with van der Waals surface area (Å²) in [6.07, 6.45) is 0.194. The number of aliphatic carboxylic acids is 1. The Hall–Kier alpha value is -2.28. The smallest absolute Gasteiger partial charge is 0.326 e. The summed E-state index contributed by atoms with van der Waals surface area (Å²) in [6.45, 7) is 3.69. The number of hydrogen-bond acceptors (Lipinski definition) is 5. The van der Waals surface area contributed by atoms with Gasteiger partial charge in [-0.2, -0.15) is 0 Å². The molecular formula is C17H25NO6. The molecule has 1 rings (SSSR count). The summed E-state index contributed by atoms with van der Waals surface area (Å²) in [5.74, 6) is -0.423. The van der Waals surface area contributed by atoms with Crippen molar-refractivity contribution in [3.8, 4) is 11.5 Å². The van der Waals surface area contributed by atoms with E-state index in [1.54, 1.807) is 32.0 Å². The molecule has 2 N–H and O–H groups in total. The van der Waals surface area contributed by atoms with Gasteiger partial charge in [-0.15, -0.1) is 0 Å². The van der Waals surface area contributed by atoms with E-state index in [1.165, 1.54) is 21.3 Å². The van der Waals surface area contributed by atoms with Gasteiger partial charge in [-0.05, 0) is 31.5 Å². The predicted octanol–water partition coefficient (Wildman–Crippen LogP) is 1.59. The molecule has 0 heterocycles. The molecule has 1 aromatic rings. The van der Waals surface area contributed by atoms with Crippen molar-refractivity contribution in [2.75, 3.05) is 27.9 Å². The van der Waals surface area contributed by atoms with Gasteiger partial charge in [0.2, 0.25) is 5.91 Å². The van der Waals surface area contributed by atoms with Crippen molar-refractivity contribution >= 4 is 11.9 Å². The number of benzene rings is 1. The molecule has 0 saturated carbocycles. The summed E-state index contributed by atoms with van der Waals surface area (Å²) < 4.78 is 15.3. The molecule has 24 heavy (non-hydrogen) atoms. The zero-order valence-corrected chi connectivity index (χ0v) is 14.7. The molecule has 1 amide bonds. The lowest BCUT2D eigenvalue weighted by Gasteiger charge is -2.27. The number of carbonyl (C=O) groups is 2. The van der Waals surface area contributed by atoms with Gasteiger partial charge in [0.05, 0.1) is 19.6 Å². The molecule has 0 aliphatic heterocycles. The fraction of sp³-hybridized carbons (Fsp3) is 0.529. The monoisotopic (exact) mass is 339 g/mol. The highest BCUT2D eigenvalue weighted by atomic mass is 16.5. The molecule has 0 spiro atoms. The number of rotatable bonds is 9. The highest BCUT2D eigenvalue weighted by molar-refractivity contribution is 5.91. The standard InChI is InChI=1S/C17H25NO6/c1-17(2,11-6-7-13(23-4)14(10-11)24-5)16(21)18-12(15(19)20)8-9-22-3/h6-7,10,12H,8-9H2,1-5H3,(H,18,21)(H,19,20). The second kappa shape index (κ2) is 8.54. The third-order valence-corrected chi connectivity index (χ3v) is 3.89. The van der Waals surface area contributed by atoms with E-state index in [0.717, 1.165) is 0 Å². The summed E-state index contributed by atoms with van der Waals surface area (Å²) in [4.78, 5) is 23.9. The van der Waals surface area contributed by atoms with Crippen LogP contribution in [0.4, 0.5) is 0 Å². The average Bonchev–Trinajstić information content (AvgIpc) is 2.57. The van der Waals surface area contributed by atoms with E-state index >= 15 is 0 Å². The number of carboxylic acids is 1. The van der Waals surface area contributed by atoms with Crippen LogP contribution in [0.5, 0.6) is 11.5 Å². The minimum atomic E-state index is -1.09. The van der Waals surface area contributed by atoms with Crippen LogP contribution in [-0.2, 0) is 19.7 Å². The van der Waals surface area contributed by atoms with Crippen molar-refractivity contribution in [1.29, 1.82) is 0 Å². The van der Waals surface area contributed by atoms with Crippen LogP contribution < -0.4 is 14.8 Å². The number of nitrogens with one attached hydrogen (secondary N) is 1. The zero-order valence-electron chi connectivity index (χ0n) is 14.7. The Morgan fingerprint density at radius 2 is 1.79 bits per heavy atom. The van der Waals surface area contributed by atoms with Crippen LogP contribution in [0.15, 0.2) is 18.2 Å².